The highest BCUT2D eigenvalue weighted by molar-refractivity contribution is 5.67. The number of halogens is 7. The first-order chi connectivity index (χ1) is 18.4. The van der Waals surface area contributed by atoms with E-state index in [0.717, 1.165) is 16.8 Å². The molecule has 0 bridgehead atoms. The summed E-state index contributed by atoms with van der Waals surface area (Å²) in [7, 11) is 0. The molecule has 0 aromatic heterocycles. The Morgan fingerprint density at radius 1 is 0.897 bits per heavy atom. The predicted octanol–water partition coefficient (Wildman–Crippen LogP) is 7.43. The van der Waals surface area contributed by atoms with Crippen LogP contribution in [-0.4, -0.2) is 44.9 Å². The average Bonchev–Trinajstić information content (AvgIpc) is 3.44. The zero-order valence-electron chi connectivity index (χ0n) is 20.9. The lowest BCUT2D eigenvalue weighted by Gasteiger charge is -2.33. The molecule has 3 aromatic rings. The summed E-state index contributed by atoms with van der Waals surface area (Å²) in [5, 5.41) is 0. The van der Waals surface area contributed by atoms with Crippen LogP contribution in [0.1, 0.15) is 29.5 Å². The summed E-state index contributed by atoms with van der Waals surface area (Å²) in [5.41, 5.74) is 2.55. The average molecular weight is 553 g/mol. The van der Waals surface area contributed by atoms with E-state index in [9.17, 15) is 30.7 Å². The Hall–Kier alpha value is -3.43. The molecule has 3 aromatic carbocycles. The van der Waals surface area contributed by atoms with E-state index in [1.807, 2.05) is 35.2 Å². The van der Waals surface area contributed by atoms with Crippen LogP contribution in [0.25, 0.3) is 0 Å². The van der Waals surface area contributed by atoms with Gasteiger partial charge in [-0.15, -0.1) is 13.2 Å². The van der Waals surface area contributed by atoms with Gasteiger partial charge in [-0.25, -0.2) is 4.39 Å². The Balaban J connectivity index is 1.58. The van der Waals surface area contributed by atoms with Crippen molar-refractivity contribution in [1.29, 1.82) is 0 Å². The van der Waals surface area contributed by atoms with Crippen molar-refractivity contribution in [2.45, 2.75) is 43.4 Å². The van der Waals surface area contributed by atoms with Crippen molar-refractivity contribution in [3.05, 3.63) is 89.5 Å². The van der Waals surface area contributed by atoms with E-state index in [1.54, 1.807) is 29.2 Å². The third-order valence-corrected chi connectivity index (χ3v) is 7.42. The highest BCUT2D eigenvalue weighted by atomic mass is 19.4. The minimum atomic E-state index is -4.89. The Bertz CT molecular complexity index is 1310. The number of ether oxygens (including phenoxy) is 1. The van der Waals surface area contributed by atoms with Gasteiger partial charge < -0.3 is 14.5 Å². The molecule has 1 fully saturated rings. The Morgan fingerprint density at radius 3 is 2.38 bits per heavy atom. The van der Waals surface area contributed by atoms with Crippen molar-refractivity contribution in [3.8, 4) is 5.75 Å². The molecule has 0 radical (unpaired) electrons. The highest BCUT2D eigenvalue weighted by Crippen LogP contribution is 2.48. The summed E-state index contributed by atoms with van der Waals surface area (Å²) >= 11 is 0. The lowest BCUT2D eigenvalue weighted by atomic mass is 9.71. The van der Waals surface area contributed by atoms with Gasteiger partial charge in [0.25, 0.3) is 0 Å². The van der Waals surface area contributed by atoms with Crippen LogP contribution in [0, 0.1) is 0 Å². The molecule has 0 N–H and O–H groups in total. The van der Waals surface area contributed by atoms with Gasteiger partial charge in [0, 0.05) is 43.0 Å². The maximum absolute atomic E-state index is 13.9. The number of rotatable bonds is 7. The van der Waals surface area contributed by atoms with Crippen molar-refractivity contribution in [1.82, 2.24) is 0 Å². The Labute approximate surface area is 221 Å². The van der Waals surface area contributed by atoms with Gasteiger partial charge in [-0.1, -0.05) is 42.5 Å². The van der Waals surface area contributed by atoms with Crippen molar-refractivity contribution in [3.63, 3.8) is 0 Å². The number of benzene rings is 3. The molecule has 208 valence electrons. The number of alkyl halides is 7. The lowest BCUT2D eigenvalue weighted by molar-refractivity contribution is -0.274. The van der Waals surface area contributed by atoms with Crippen LogP contribution in [0.15, 0.2) is 72.8 Å². The summed E-state index contributed by atoms with van der Waals surface area (Å²) < 4.78 is 96.8. The minimum absolute atomic E-state index is 0.137. The first-order valence-electron chi connectivity index (χ1n) is 12.7. The maximum atomic E-state index is 13.9. The summed E-state index contributed by atoms with van der Waals surface area (Å²) in [6.07, 6.45) is -10.5. The van der Waals surface area contributed by atoms with Crippen molar-refractivity contribution in [2.75, 3.05) is 36.0 Å². The van der Waals surface area contributed by atoms with Crippen LogP contribution >= 0.6 is 0 Å². The van der Waals surface area contributed by atoms with Gasteiger partial charge >= 0.3 is 12.5 Å². The standard InChI is InChI=1S/C29H27F7N2O/c30-22-11-13-37(18-22)23-7-3-5-20(15-23)17-27(21-6-4-8-24(16-21)39-29(34,35)36)19-38(14-12-28(31,32)33)26-10-2-1-9-25(26)27/h1-10,15-16,22H,11-14,17-19H2/t22-,27?/m0/s1. The molecule has 1 saturated heterocycles. The Morgan fingerprint density at radius 2 is 1.67 bits per heavy atom. The second-order valence-corrected chi connectivity index (χ2v) is 10.1. The van der Waals surface area contributed by atoms with Gasteiger partial charge in [0.2, 0.25) is 0 Å². The molecule has 2 aliphatic rings. The van der Waals surface area contributed by atoms with Crippen LogP contribution < -0.4 is 14.5 Å². The second kappa shape index (κ2) is 10.3. The molecular formula is C29H27F7N2O. The van der Waals surface area contributed by atoms with E-state index in [-0.39, 0.29) is 19.6 Å². The van der Waals surface area contributed by atoms with Crippen LogP contribution in [0.2, 0.25) is 0 Å². The van der Waals surface area contributed by atoms with E-state index in [1.165, 1.54) is 18.2 Å². The number of anilines is 2. The molecule has 39 heavy (non-hydrogen) atoms. The molecule has 2 aliphatic heterocycles. The molecule has 5 rings (SSSR count). The van der Waals surface area contributed by atoms with Crippen molar-refractivity contribution < 1.29 is 35.5 Å². The maximum Gasteiger partial charge on any atom is 0.573 e. The summed E-state index contributed by atoms with van der Waals surface area (Å²) in [4.78, 5) is 3.59. The molecule has 0 aliphatic carbocycles. The zero-order valence-corrected chi connectivity index (χ0v) is 20.9. The number of fused-ring (bicyclic) bond motifs is 1. The molecule has 10 heteroatoms. The first-order valence-corrected chi connectivity index (χ1v) is 12.7. The van der Waals surface area contributed by atoms with Crippen molar-refractivity contribution in [2.24, 2.45) is 0 Å². The number of nitrogens with zero attached hydrogens (tertiary/aromatic N) is 2. The van der Waals surface area contributed by atoms with Crippen molar-refractivity contribution >= 4 is 11.4 Å². The van der Waals surface area contributed by atoms with Gasteiger partial charge in [0.1, 0.15) is 11.9 Å². The first kappa shape index (κ1) is 27.1. The molecule has 1 unspecified atom stereocenters. The molecular weight excluding hydrogens is 525 g/mol. The van der Waals surface area contributed by atoms with Gasteiger partial charge in [-0.2, -0.15) is 13.2 Å². The fourth-order valence-electron chi connectivity index (χ4n) is 5.77. The van der Waals surface area contributed by atoms with E-state index in [0.29, 0.717) is 30.6 Å². The summed E-state index contributed by atoms with van der Waals surface area (Å²) in [6.45, 7) is 0.700. The fraction of sp³-hybridized carbons (Fsp3) is 0.379. The van der Waals surface area contributed by atoms with Crippen LogP contribution in [0.5, 0.6) is 5.75 Å². The van der Waals surface area contributed by atoms with E-state index >= 15 is 0 Å². The van der Waals surface area contributed by atoms with E-state index in [4.69, 9.17) is 0 Å². The molecule has 0 spiro atoms. The third-order valence-electron chi connectivity index (χ3n) is 7.42. The molecule has 2 heterocycles. The lowest BCUT2D eigenvalue weighted by Crippen LogP contribution is -2.38. The fourth-order valence-corrected chi connectivity index (χ4v) is 5.77. The quantitative estimate of drug-likeness (QED) is 0.284. The largest absolute Gasteiger partial charge is 0.573 e. The topological polar surface area (TPSA) is 15.7 Å². The normalized spacial score (nSPS) is 21.4. The monoisotopic (exact) mass is 552 g/mol. The molecule has 0 saturated carbocycles. The highest BCUT2D eigenvalue weighted by Gasteiger charge is 2.45. The van der Waals surface area contributed by atoms with Crippen LogP contribution in [-0.2, 0) is 11.8 Å². The van der Waals surface area contributed by atoms with Crippen LogP contribution in [0.4, 0.5) is 42.1 Å². The van der Waals surface area contributed by atoms with Gasteiger partial charge in [-0.3, -0.25) is 0 Å². The zero-order chi connectivity index (χ0) is 27.8. The van der Waals surface area contributed by atoms with Gasteiger partial charge in [0.05, 0.1) is 6.42 Å². The summed E-state index contributed by atoms with van der Waals surface area (Å²) in [6, 6.07) is 20.3. The van der Waals surface area contributed by atoms with E-state index in [2.05, 4.69) is 4.74 Å². The smallest absolute Gasteiger partial charge is 0.406 e. The predicted molar refractivity (Wildman–Crippen MR) is 135 cm³/mol. The SMILES string of the molecule is F[C@H]1CCN(c2cccc(CC3(c4cccc(OC(F)(F)F)c4)CN(CCC(F)(F)F)c4ccccc43)c2)C1. The third kappa shape index (κ3) is 6.09. The van der Waals surface area contributed by atoms with Gasteiger partial charge in [-0.05, 0) is 59.9 Å². The summed E-state index contributed by atoms with van der Waals surface area (Å²) in [5.74, 6) is -0.398. The number of para-hydroxylation sites is 1. The molecule has 0 amide bonds. The molecule has 3 nitrogen and oxygen atoms in total. The second-order valence-electron chi connectivity index (χ2n) is 10.1. The number of hydrogen-bond acceptors (Lipinski definition) is 3. The number of hydrogen-bond donors (Lipinski definition) is 0. The molecule has 2 atom stereocenters. The van der Waals surface area contributed by atoms with E-state index < -0.39 is 36.3 Å². The van der Waals surface area contributed by atoms with Crippen LogP contribution in [0.3, 0.4) is 0 Å². The van der Waals surface area contributed by atoms with Gasteiger partial charge in [0.15, 0.2) is 0 Å². The minimum Gasteiger partial charge on any atom is -0.406 e. The Kier molecular flexibility index (Phi) is 7.15.